The summed E-state index contributed by atoms with van der Waals surface area (Å²) in [6.07, 6.45) is 9.67. The van der Waals surface area contributed by atoms with Crippen molar-refractivity contribution in [3.8, 4) is 5.75 Å². The molecular weight excluding hydrogens is 480 g/mol. The molecule has 1 N–H and O–H groups in total. The Morgan fingerprint density at radius 1 is 1.10 bits per heavy atom. The van der Waals surface area contributed by atoms with Crippen molar-refractivity contribution >= 4 is 34.2 Å². The van der Waals surface area contributed by atoms with Gasteiger partial charge in [0.15, 0.2) is 0 Å². The van der Waals surface area contributed by atoms with Gasteiger partial charge in [-0.2, -0.15) is 0 Å². The Kier molecular flexibility index (Phi) is 11.7. The van der Waals surface area contributed by atoms with Gasteiger partial charge in [-0.15, -0.1) is 12.4 Å². The zero-order valence-corrected chi connectivity index (χ0v) is 21.3. The molecular formula is C24H38BrClN2O3. The number of benzene rings is 1. The van der Waals surface area contributed by atoms with Gasteiger partial charge in [-0.25, -0.2) is 0 Å². The second-order valence-electron chi connectivity index (χ2n) is 8.95. The minimum Gasteiger partial charge on any atom is -0.497 e. The molecule has 0 radical (unpaired) electrons. The smallest absolute Gasteiger partial charge is 0.246 e. The van der Waals surface area contributed by atoms with Gasteiger partial charge in [-0.1, -0.05) is 15.9 Å². The number of nitrogens with zero attached hydrogens (tertiary/aromatic N) is 1. The van der Waals surface area contributed by atoms with E-state index in [9.17, 15) is 4.79 Å². The van der Waals surface area contributed by atoms with Gasteiger partial charge in [0.25, 0.3) is 0 Å². The van der Waals surface area contributed by atoms with Crippen LogP contribution in [0.2, 0.25) is 0 Å². The molecule has 1 aromatic rings. The van der Waals surface area contributed by atoms with Gasteiger partial charge < -0.3 is 19.7 Å². The minimum atomic E-state index is 0. The lowest BCUT2D eigenvalue weighted by Gasteiger charge is -2.34. The summed E-state index contributed by atoms with van der Waals surface area (Å²) in [6, 6.07) is 6.62. The maximum absolute atomic E-state index is 11.7. The highest BCUT2D eigenvalue weighted by Gasteiger charge is 2.24. The summed E-state index contributed by atoms with van der Waals surface area (Å²) >= 11 is 3.70. The lowest BCUT2D eigenvalue weighted by Crippen LogP contribution is -2.40. The number of nitrogens with one attached hydrogen (secondary N) is 1. The van der Waals surface area contributed by atoms with Crippen molar-refractivity contribution in [1.29, 1.82) is 0 Å². The molecule has 0 aromatic heterocycles. The predicted octanol–water partition coefficient (Wildman–Crippen LogP) is 4.85. The average molecular weight is 518 g/mol. The Labute approximate surface area is 202 Å². The molecule has 0 spiro atoms. The van der Waals surface area contributed by atoms with E-state index in [2.05, 4.69) is 38.3 Å². The number of methoxy groups -OCH3 is 2. The van der Waals surface area contributed by atoms with Crippen molar-refractivity contribution in [2.45, 2.75) is 57.4 Å². The van der Waals surface area contributed by atoms with Crippen LogP contribution in [0.25, 0.3) is 0 Å². The number of piperidine rings is 1. The van der Waals surface area contributed by atoms with Crippen molar-refractivity contribution in [2.75, 3.05) is 40.5 Å². The topological polar surface area (TPSA) is 50.8 Å². The molecule has 0 bridgehead atoms. The molecule has 0 unspecified atom stereocenters. The fraction of sp³-hybridized carbons (Fsp3) is 0.708. The van der Waals surface area contributed by atoms with Crippen molar-refractivity contribution in [2.24, 2.45) is 11.8 Å². The number of rotatable bonds is 9. The molecule has 2 aliphatic rings. The number of carbonyl (C=O) groups is 1. The maximum atomic E-state index is 11.7. The Morgan fingerprint density at radius 2 is 1.81 bits per heavy atom. The molecule has 7 heteroatoms. The van der Waals surface area contributed by atoms with Gasteiger partial charge in [0.1, 0.15) is 12.4 Å². The zero-order chi connectivity index (χ0) is 21.3. The van der Waals surface area contributed by atoms with E-state index in [1.165, 1.54) is 61.8 Å². The Morgan fingerprint density at radius 3 is 2.45 bits per heavy atom. The molecule has 5 nitrogen and oxygen atoms in total. The fourth-order valence-electron chi connectivity index (χ4n) is 4.92. The third-order valence-corrected chi connectivity index (χ3v) is 7.58. The molecule has 1 aliphatic carbocycles. The summed E-state index contributed by atoms with van der Waals surface area (Å²) in [5.74, 6) is 2.53. The second kappa shape index (κ2) is 13.7. The van der Waals surface area contributed by atoms with E-state index in [0.717, 1.165) is 36.8 Å². The van der Waals surface area contributed by atoms with Crippen LogP contribution < -0.4 is 10.1 Å². The molecule has 176 valence electrons. The van der Waals surface area contributed by atoms with Crippen LogP contribution in [0.5, 0.6) is 5.75 Å². The van der Waals surface area contributed by atoms with Crippen LogP contribution in [0.15, 0.2) is 22.7 Å². The molecule has 0 atom stereocenters. The van der Waals surface area contributed by atoms with Crippen LogP contribution in [0.3, 0.4) is 0 Å². The first kappa shape index (κ1) is 26.4. The number of hydrogen-bond donors (Lipinski definition) is 1. The van der Waals surface area contributed by atoms with Crippen LogP contribution in [0.1, 0.15) is 50.5 Å². The Hall–Kier alpha value is -0.820. The normalized spacial score (nSPS) is 22.5. The SMILES string of the molecule is COCC(=O)N[C@H]1CC[C@H](CCN2CCC(Cc3cc(OC)ccc3Br)CC2)CC1.Cl. The number of likely N-dealkylation sites (tertiary alicyclic amines) is 1. The molecule has 1 saturated carbocycles. The van der Waals surface area contributed by atoms with Crippen molar-refractivity contribution in [3.63, 3.8) is 0 Å². The number of carbonyl (C=O) groups excluding carboxylic acids is 1. The third-order valence-electron chi connectivity index (χ3n) is 6.81. The molecule has 1 aromatic carbocycles. The number of amides is 1. The first-order chi connectivity index (χ1) is 14.6. The van der Waals surface area contributed by atoms with Gasteiger partial charge in [-0.3, -0.25) is 4.79 Å². The van der Waals surface area contributed by atoms with E-state index in [1.807, 2.05) is 6.07 Å². The van der Waals surface area contributed by atoms with Gasteiger partial charge in [-0.05, 0) is 107 Å². The third kappa shape index (κ3) is 8.56. The molecule has 1 saturated heterocycles. The number of hydrogen-bond acceptors (Lipinski definition) is 4. The van der Waals surface area contributed by atoms with Crippen LogP contribution in [-0.4, -0.2) is 57.3 Å². The van der Waals surface area contributed by atoms with E-state index in [1.54, 1.807) is 14.2 Å². The quantitative estimate of drug-likeness (QED) is 0.509. The summed E-state index contributed by atoms with van der Waals surface area (Å²) in [7, 11) is 3.30. The average Bonchev–Trinajstić information content (AvgIpc) is 2.76. The molecule has 1 amide bonds. The first-order valence-electron chi connectivity index (χ1n) is 11.4. The zero-order valence-electron chi connectivity index (χ0n) is 18.9. The largest absolute Gasteiger partial charge is 0.497 e. The van der Waals surface area contributed by atoms with Crippen LogP contribution >= 0.6 is 28.3 Å². The van der Waals surface area contributed by atoms with Crippen molar-refractivity contribution in [3.05, 3.63) is 28.2 Å². The van der Waals surface area contributed by atoms with Gasteiger partial charge in [0, 0.05) is 17.6 Å². The predicted molar refractivity (Wildman–Crippen MR) is 131 cm³/mol. The highest BCUT2D eigenvalue weighted by molar-refractivity contribution is 9.10. The van der Waals surface area contributed by atoms with Gasteiger partial charge >= 0.3 is 0 Å². The summed E-state index contributed by atoms with van der Waals surface area (Å²) in [6.45, 7) is 3.83. The van der Waals surface area contributed by atoms with Crippen molar-refractivity contribution in [1.82, 2.24) is 10.2 Å². The molecule has 1 aliphatic heterocycles. The van der Waals surface area contributed by atoms with E-state index >= 15 is 0 Å². The molecule has 31 heavy (non-hydrogen) atoms. The monoisotopic (exact) mass is 516 g/mol. The van der Waals surface area contributed by atoms with Crippen LogP contribution in [0.4, 0.5) is 0 Å². The van der Waals surface area contributed by atoms with Gasteiger partial charge in [0.2, 0.25) is 5.91 Å². The second-order valence-corrected chi connectivity index (χ2v) is 9.81. The fourth-order valence-corrected chi connectivity index (χ4v) is 5.33. The van der Waals surface area contributed by atoms with E-state index in [0.29, 0.717) is 6.04 Å². The summed E-state index contributed by atoms with van der Waals surface area (Å²) in [5.41, 5.74) is 1.36. The van der Waals surface area contributed by atoms with Crippen molar-refractivity contribution < 1.29 is 14.3 Å². The first-order valence-corrected chi connectivity index (χ1v) is 12.2. The minimum absolute atomic E-state index is 0. The van der Waals surface area contributed by atoms with Crippen LogP contribution in [-0.2, 0) is 16.0 Å². The summed E-state index contributed by atoms with van der Waals surface area (Å²) in [4.78, 5) is 14.3. The summed E-state index contributed by atoms with van der Waals surface area (Å²) < 4.78 is 11.5. The Balaban J connectivity index is 0.00000341. The Bertz CT molecular complexity index is 675. The molecule has 1 heterocycles. The van der Waals surface area contributed by atoms with Crippen LogP contribution in [0, 0.1) is 11.8 Å². The highest BCUT2D eigenvalue weighted by Crippen LogP contribution is 2.30. The van der Waals surface area contributed by atoms with Gasteiger partial charge in [0.05, 0.1) is 7.11 Å². The lowest BCUT2D eigenvalue weighted by atomic mass is 9.83. The standard InChI is InChI=1S/C24H37BrN2O3.ClH/c1-29-17-24(28)26-21-5-3-18(4-6-21)9-12-27-13-10-19(11-14-27)15-20-16-22(30-2)7-8-23(20)25;/h7-8,16,18-19,21H,3-6,9-15,17H2,1-2H3,(H,26,28);1H/t18-,21-;. The lowest BCUT2D eigenvalue weighted by molar-refractivity contribution is -0.125. The van der Waals surface area contributed by atoms with E-state index < -0.39 is 0 Å². The maximum Gasteiger partial charge on any atom is 0.246 e. The number of ether oxygens (including phenoxy) is 2. The van der Waals surface area contributed by atoms with E-state index in [-0.39, 0.29) is 24.9 Å². The highest BCUT2D eigenvalue weighted by atomic mass is 79.9. The molecule has 2 fully saturated rings. The molecule has 3 rings (SSSR count). The van der Waals surface area contributed by atoms with E-state index in [4.69, 9.17) is 9.47 Å². The number of halogens is 2. The summed E-state index contributed by atoms with van der Waals surface area (Å²) in [5, 5.41) is 3.10.